The number of likely N-dealkylation sites (tertiary alicyclic amines) is 1. The summed E-state index contributed by atoms with van der Waals surface area (Å²) in [7, 11) is 0. The Kier molecular flexibility index (Phi) is 6.85. The Morgan fingerprint density at radius 3 is 2.68 bits per heavy atom. The van der Waals surface area contributed by atoms with Gasteiger partial charge in [0.1, 0.15) is 5.60 Å². The van der Waals surface area contributed by atoms with Gasteiger partial charge in [-0.25, -0.2) is 4.79 Å². The van der Waals surface area contributed by atoms with E-state index in [0.29, 0.717) is 12.5 Å². The van der Waals surface area contributed by atoms with Gasteiger partial charge < -0.3 is 20.1 Å². The predicted octanol–water partition coefficient (Wildman–Crippen LogP) is 3.35. The van der Waals surface area contributed by atoms with E-state index in [0.717, 1.165) is 31.5 Å². The maximum atomic E-state index is 12.0. The number of aliphatic hydroxyl groups is 1. The lowest BCUT2D eigenvalue weighted by Crippen LogP contribution is -2.48. The molecule has 0 aliphatic carbocycles. The number of nitrogens with one attached hydrogen (secondary N) is 1. The molecular formula is C20H32N2O3. The largest absolute Gasteiger partial charge is 0.444 e. The summed E-state index contributed by atoms with van der Waals surface area (Å²) in [6.45, 7) is 10.1. The molecule has 0 saturated carbocycles. The number of rotatable bonds is 5. The first kappa shape index (κ1) is 19.7. The Balaban J connectivity index is 1.84. The molecule has 3 atom stereocenters. The van der Waals surface area contributed by atoms with E-state index in [1.54, 1.807) is 0 Å². The highest BCUT2D eigenvalue weighted by Gasteiger charge is 2.28. The van der Waals surface area contributed by atoms with Gasteiger partial charge >= 0.3 is 6.09 Å². The number of amides is 1. The van der Waals surface area contributed by atoms with Gasteiger partial charge in [-0.05, 0) is 58.6 Å². The summed E-state index contributed by atoms with van der Waals surface area (Å²) < 4.78 is 5.34. The van der Waals surface area contributed by atoms with Gasteiger partial charge in [0.2, 0.25) is 0 Å². The van der Waals surface area contributed by atoms with Crippen molar-refractivity contribution < 1.29 is 14.6 Å². The second-order valence-corrected chi connectivity index (χ2v) is 8.02. The highest BCUT2D eigenvalue weighted by atomic mass is 16.6. The molecule has 140 valence electrons. The molecule has 2 rings (SSSR count). The molecule has 25 heavy (non-hydrogen) atoms. The molecule has 1 fully saturated rings. The first-order chi connectivity index (χ1) is 11.7. The van der Waals surface area contributed by atoms with Crippen LogP contribution in [0.3, 0.4) is 0 Å². The molecule has 1 aromatic carbocycles. The van der Waals surface area contributed by atoms with Gasteiger partial charge in [0.15, 0.2) is 0 Å². The van der Waals surface area contributed by atoms with Crippen molar-refractivity contribution in [2.45, 2.75) is 58.3 Å². The molecule has 1 amide bonds. The lowest BCUT2D eigenvalue weighted by atomic mass is 9.91. The van der Waals surface area contributed by atoms with Crippen molar-refractivity contribution in [1.29, 1.82) is 0 Å². The van der Waals surface area contributed by atoms with Crippen molar-refractivity contribution in [3.63, 3.8) is 0 Å². The highest BCUT2D eigenvalue weighted by Crippen LogP contribution is 2.23. The van der Waals surface area contributed by atoms with Crippen LogP contribution in [0.4, 0.5) is 4.79 Å². The predicted molar refractivity (Wildman–Crippen MR) is 99.4 cm³/mol. The van der Waals surface area contributed by atoms with E-state index in [4.69, 9.17) is 4.74 Å². The number of piperidine rings is 1. The summed E-state index contributed by atoms with van der Waals surface area (Å²) in [6.07, 6.45) is 1.32. The maximum absolute atomic E-state index is 12.0. The molecule has 5 heteroatoms. The second-order valence-electron chi connectivity index (χ2n) is 8.02. The highest BCUT2D eigenvalue weighted by molar-refractivity contribution is 5.68. The second kappa shape index (κ2) is 8.68. The number of aliphatic hydroxyl groups excluding tert-OH is 1. The minimum Gasteiger partial charge on any atom is -0.444 e. The Morgan fingerprint density at radius 2 is 2.04 bits per heavy atom. The Bertz CT molecular complexity index is 542. The summed E-state index contributed by atoms with van der Waals surface area (Å²) in [6, 6.07) is 9.82. The number of β-amino-alcohol motifs (C(OH)–C–C–N with tert-alkyl or cyclic N) is 1. The van der Waals surface area contributed by atoms with Gasteiger partial charge in [-0.3, -0.25) is 0 Å². The third-order valence-electron chi connectivity index (χ3n) is 4.61. The number of hydrogen-bond donors (Lipinski definition) is 2. The topological polar surface area (TPSA) is 61.8 Å². The van der Waals surface area contributed by atoms with Gasteiger partial charge in [-0.1, -0.05) is 30.3 Å². The van der Waals surface area contributed by atoms with E-state index < -0.39 is 11.7 Å². The fourth-order valence-electron chi connectivity index (χ4n) is 3.30. The number of nitrogens with zero attached hydrogens (tertiary/aromatic N) is 1. The van der Waals surface area contributed by atoms with Crippen LogP contribution in [0.5, 0.6) is 0 Å². The number of alkyl carbamates (subject to hydrolysis) is 1. The molecule has 1 aliphatic rings. The van der Waals surface area contributed by atoms with Crippen LogP contribution in [-0.4, -0.2) is 47.4 Å². The van der Waals surface area contributed by atoms with Crippen LogP contribution in [0.1, 0.15) is 52.2 Å². The molecule has 3 unspecified atom stereocenters. The smallest absolute Gasteiger partial charge is 0.407 e. The van der Waals surface area contributed by atoms with Crippen molar-refractivity contribution >= 4 is 6.09 Å². The molecular weight excluding hydrogens is 316 g/mol. The number of carbonyl (C=O) groups is 1. The Labute approximate surface area is 151 Å². The summed E-state index contributed by atoms with van der Waals surface area (Å²) in [5, 5.41) is 13.4. The zero-order valence-corrected chi connectivity index (χ0v) is 15.9. The van der Waals surface area contributed by atoms with Gasteiger partial charge in [0.05, 0.1) is 6.10 Å². The quantitative estimate of drug-likeness (QED) is 0.857. The van der Waals surface area contributed by atoms with Gasteiger partial charge in [-0.15, -0.1) is 0 Å². The normalized spacial score (nSPS) is 21.4. The van der Waals surface area contributed by atoms with Crippen LogP contribution in [0.15, 0.2) is 30.3 Å². The molecule has 1 heterocycles. The lowest BCUT2D eigenvalue weighted by molar-refractivity contribution is 0.0439. The van der Waals surface area contributed by atoms with E-state index in [-0.39, 0.29) is 12.1 Å². The third kappa shape index (κ3) is 6.67. The van der Waals surface area contributed by atoms with Crippen LogP contribution < -0.4 is 5.32 Å². The molecule has 5 nitrogen and oxygen atoms in total. The minimum absolute atomic E-state index is 0.0477. The average Bonchev–Trinajstić information content (AvgIpc) is 2.54. The number of carbonyl (C=O) groups excluding carboxylic acids is 1. The van der Waals surface area contributed by atoms with E-state index >= 15 is 0 Å². The van der Waals surface area contributed by atoms with E-state index in [1.807, 2.05) is 58.0 Å². The molecule has 1 aromatic rings. The summed E-state index contributed by atoms with van der Waals surface area (Å²) in [5.74, 6) is 0.365. The number of hydrogen-bond acceptors (Lipinski definition) is 4. The van der Waals surface area contributed by atoms with Gasteiger partial charge in [0.25, 0.3) is 0 Å². The first-order valence-corrected chi connectivity index (χ1v) is 9.19. The van der Waals surface area contributed by atoms with Crippen molar-refractivity contribution in [1.82, 2.24) is 10.2 Å². The van der Waals surface area contributed by atoms with E-state index in [9.17, 15) is 9.90 Å². The monoisotopic (exact) mass is 348 g/mol. The zero-order valence-electron chi connectivity index (χ0n) is 15.9. The van der Waals surface area contributed by atoms with Crippen molar-refractivity contribution in [2.24, 2.45) is 5.92 Å². The van der Waals surface area contributed by atoms with Crippen molar-refractivity contribution in [2.75, 3.05) is 19.6 Å². The third-order valence-corrected chi connectivity index (χ3v) is 4.61. The van der Waals surface area contributed by atoms with Crippen LogP contribution in [0.25, 0.3) is 0 Å². The van der Waals surface area contributed by atoms with Crippen LogP contribution in [0.2, 0.25) is 0 Å². The average molecular weight is 348 g/mol. The zero-order chi connectivity index (χ0) is 18.4. The summed E-state index contributed by atoms with van der Waals surface area (Å²) >= 11 is 0. The van der Waals surface area contributed by atoms with E-state index in [2.05, 4.69) is 10.2 Å². The standard InChI is InChI=1S/C20H32N2O3/c1-15(21-19(24)25-20(2,3)4)17-11-8-12-22(13-17)14-18(23)16-9-6-5-7-10-16/h5-7,9-10,15,17-18,23H,8,11-14H2,1-4H3,(H,21,24). The molecule has 0 aromatic heterocycles. The molecule has 1 saturated heterocycles. The Morgan fingerprint density at radius 1 is 1.36 bits per heavy atom. The molecule has 0 radical (unpaired) electrons. The summed E-state index contributed by atoms with van der Waals surface area (Å²) in [5.41, 5.74) is 0.465. The van der Waals surface area contributed by atoms with Gasteiger partial charge in [0, 0.05) is 19.1 Å². The van der Waals surface area contributed by atoms with Crippen molar-refractivity contribution in [3.05, 3.63) is 35.9 Å². The fourth-order valence-corrected chi connectivity index (χ4v) is 3.30. The fraction of sp³-hybridized carbons (Fsp3) is 0.650. The molecule has 2 N–H and O–H groups in total. The van der Waals surface area contributed by atoms with Crippen LogP contribution in [-0.2, 0) is 4.74 Å². The first-order valence-electron chi connectivity index (χ1n) is 9.19. The van der Waals surface area contributed by atoms with Crippen molar-refractivity contribution in [3.8, 4) is 0 Å². The SMILES string of the molecule is CC(NC(=O)OC(C)(C)C)C1CCCN(CC(O)c2ccccc2)C1. The minimum atomic E-state index is -0.484. The molecule has 0 bridgehead atoms. The van der Waals surface area contributed by atoms with E-state index in [1.165, 1.54) is 0 Å². The Hall–Kier alpha value is -1.59. The van der Waals surface area contributed by atoms with Gasteiger partial charge in [-0.2, -0.15) is 0 Å². The number of ether oxygens (including phenoxy) is 1. The van der Waals surface area contributed by atoms with Crippen LogP contribution >= 0.6 is 0 Å². The van der Waals surface area contributed by atoms with Crippen LogP contribution in [0, 0.1) is 5.92 Å². The summed E-state index contributed by atoms with van der Waals surface area (Å²) in [4.78, 5) is 14.3. The number of benzene rings is 1. The molecule has 0 spiro atoms. The maximum Gasteiger partial charge on any atom is 0.407 e. The lowest BCUT2D eigenvalue weighted by Gasteiger charge is -2.37. The molecule has 1 aliphatic heterocycles.